The minimum Gasteiger partial charge on any atom is -0.295 e. The lowest BCUT2D eigenvalue weighted by atomic mass is 10.2. The van der Waals surface area contributed by atoms with E-state index in [-0.39, 0.29) is 11.1 Å². The average molecular weight is 316 g/mol. The molecule has 0 aliphatic heterocycles. The first kappa shape index (κ1) is 14.9. The highest BCUT2D eigenvalue weighted by atomic mass is 35.5. The van der Waals surface area contributed by atoms with Gasteiger partial charge in [-0.3, -0.25) is 9.55 Å². The highest BCUT2D eigenvalue weighted by molar-refractivity contribution is 7.89. The van der Waals surface area contributed by atoms with Crippen molar-refractivity contribution in [3.8, 4) is 11.5 Å². The van der Waals surface area contributed by atoms with E-state index in [1.165, 1.54) is 10.8 Å². The molecule has 9 heteroatoms. The Labute approximate surface area is 121 Å². The third-order valence-corrected chi connectivity index (χ3v) is 3.51. The van der Waals surface area contributed by atoms with Gasteiger partial charge in [0, 0.05) is 12.7 Å². The van der Waals surface area contributed by atoms with Gasteiger partial charge in [0.05, 0.1) is 5.02 Å². The van der Waals surface area contributed by atoms with Crippen molar-refractivity contribution >= 4 is 21.6 Å². The quantitative estimate of drug-likeness (QED) is 0.915. The number of halogens is 1. The van der Waals surface area contributed by atoms with Gasteiger partial charge in [0.15, 0.2) is 5.82 Å². The van der Waals surface area contributed by atoms with E-state index >= 15 is 0 Å². The lowest BCUT2D eigenvalue weighted by Gasteiger charge is -2.11. The zero-order chi connectivity index (χ0) is 14.9. The van der Waals surface area contributed by atoms with E-state index in [4.69, 9.17) is 16.7 Å². The Bertz CT molecular complexity index is 709. The van der Waals surface area contributed by atoms with E-state index < -0.39 is 10.0 Å². The van der Waals surface area contributed by atoms with Crippen molar-refractivity contribution in [2.24, 2.45) is 11.1 Å². The summed E-state index contributed by atoms with van der Waals surface area (Å²) in [5, 5.41) is 12.9. The number of rotatable bonds is 4. The zero-order valence-electron chi connectivity index (χ0n) is 11.0. The van der Waals surface area contributed by atoms with E-state index in [1.54, 1.807) is 12.1 Å². The molecule has 2 aromatic rings. The van der Waals surface area contributed by atoms with Gasteiger partial charge in [0.25, 0.3) is 15.2 Å². The Kier molecular flexibility index (Phi) is 4.07. The smallest absolute Gasteiger partial charge is 0.273 e. The summed E-state index contributed by atoms with van der Waals surface area (Å²) in [6.07, 6.45) is 1.46. The van der Waals surface area contributed by atoms with E-state index in [0.29, 0.717) is 23.1 Å². The van der Waals surface area contributed by atoms with Crippen LogP contribution in [0.3, 0.4) is 0 Å². The fourth-order valence-electron chi connectivity index (χ4n) is 1.73. The van der Waals surface area contributed by atoms with Gasteiger partial charge in [-0.15, -0.1) is 10.2 Å². The minimum atomic E-state index is -3.94. The van der Waals surface area contributed by atoms with E-state index in [0.717, 1.165) is 0 Å². The number of sulfonamides is 1. The van der Waals surface area contributed by atoms with Gasteiger partial charge in [0.2, 0.25) is 0 Å². The monoisotopic (exact) mass is 315 g/mol. The van der Waals surface area contributed by atoms with Gasteiger partial charge in [-0.25, -0.2) is 13.6 Å². The molecule has 0 amide bonds. The fourth-order valence-corrected chi connectivity index (χ4v) is 2.46. The SMILES string of the molecule is CC(C)Cn1c(-c2ccc(Cl)cn2)nnc1S(N)(=O)=O. The second kappa shape index (κ2) is 5.47. The summed E-state index contributed by atoms with van der Waals surface area (Å²) in [6.45, 7) is 4.32. The van der Waals surface area contributed by atoms with Crippen molar-refractivity contribution < 1.29 is 8.42 Å². The van der Waals surface area contributed by atoms with Gasteiger partial charge < -0.3 is 0 Å². The molecule has 108 valence electrons. The van der Waals surface area contributed by atoms with Crippen LogP contribution >= 0.6 is 11.6 Å². The second-order valence-corrected chi connectivity index (χ2v) is 6.61. The van der Waals surface area contributed by atoms with E-state index in [2.05, 4.69) is 15.2 Å². The first-order valence-electron chi connectivity index (χ1n) is 5.87. The molecule has 0 saturated heterocycles. The summed E-state index contributed by atoms with van der Waals surface area (Å²) >= 11 is 5.78. The molecule has 20 heavy (non-hydrogen) atoms. The highest BCUT2D eigenvalue weighted by Gasteiger charge is 2.23. The molecular weight excluding hydrogens is 302 g/mol. The van der Waals surface area contributed by atoms with Gasteiger partial charge in [-0.05, 0) is 18.1 Å². The van der Waals surface area contributed by atoms with Crippen LogP contribution in [0.2, 0.25) is 5.02 Å². The summed E-state index contributed by atoms with van der Waals surface area (Å²) in [5.41, 5.74) is 0.484. The molecule has 0 aromatic carbocycles. The maximum absolute atomic E-state index is 11.5. The Balaban J connectivity index is 2.59. The lowest BCUT2D eigenvalue weighted by molar-refractivity contribution is 0.486. The molecule has 0 saturated carbocycles. The number of nitrogens with two attached hydrogens (primary N) is 1. The van der Waals surface area contributed by atoms with Gasteiger partial charge >= 0.3 is 0 Å². The van der Waals surface area contributed by atoms with Gasteiger partial charge in [0.1, 0.15) is 5.69 Å². The molecule has 0 aliphatic carbocycles. The zero-order valence-corrected chi connectivity index (χ0v) is 12.6. The van der Waals surface area contributed by atoms with Crippen LogP contribution in [0.15, 0.2) is 23.5 Å². The maximum atomic E-state index is 11.5. The molecule has 0 spiro atoms. The minimum absolute atomic E-state index is 0.192. The van der Waals surface area contributed by atoms with Crippen molar-refractivity contribution in [1.29, 1.82) is 0 Å². The van der Waals surface area contributed by atoms with Crippen LogP contribution in [0.1, 0.15) is 13.8 Å². The maximum Gasteiger partial charge on any atom is 0.273 e. The molecule has 0 unspecified atom stereocenters. The molecule has 0 aliphatic rings. The van der Waals surface area contributed by atoms with Crippen LogP contribution in [0, 0.1) is 5.92 Å². The summed E-state index contributed by atoms with van der Waals surface area (Å²) in [4.78, 5) is 4.12. The molecule has 2 rings (SSSR count). The van der Waals surface area contributed by atoms with Gasteiger partial charge in [-0.1, -0.05) is 25.4 Å². The van der Waals surface area contributed by atoms with Crippen LogP contribution in [-0.2, 0) is 16.6 Å². The molecule has 0 atom stereocenters. The Morgan fingerprint density at radius 1 is 1.35 bits per heavy atom. The van der Waals surface area contributed by atoms with Crippen LogP contribution in [0.4, 0.5) is 0 Å². The largest absolute Gasteiger partial charge is 0.295 e. The Morgan fingerprint density at radius 3 is 2.55 bits per heavy atom. The second-order valence-electron chi connectivity index (χ2n) is 4.72. The van der Waals surface area contributed by atoms with Crippen molar-refractivity contribution in [1.82, 2.24) is 19.7 Å². The Morgan fingerprint density at radius 2 is 2.05 bits per heavy atom. The number of hydrogen-bond donors (Lipinski definition) is 1. The third-order valence-electron chi connectivity index (χ3n) is 2.48. The predicted molar refractivity (Wildman–Crippen MR) is 74.5 cm³/mol. The first-order valence-corrected chi connectivity index (χ1v) is 7.79. The third kappa shape index (κ3) is 3.14. The number of aromatic nitrogens is 4. The fraction of sp³-hybridized carbons (Fsp3) is 0.364. The molecule has 0 fully saturated rings. The van der Waals surface area contributed by atoms with Crippen LogP contribution in [-0.4, -0.2) is 28.2 Å². The number of primary sulfonamides is 1. The number of pyridine rings is 1. The molecule has 2 heterocycles. The Hall–Kier alpha value is -1.51. The predicted octanol–water partition coefficient (Wildman–Crippen LogP) is 1.30. The molecular formula is C11H14ClN5O2S. The van der Waals surface area contributed by atoms with Crippen LogP contribution in [0.25, 0.3) is 11.5 Å². The number of nitrogens with zero attached hydrogens (tertiary/aromatic N) is 4. The van der Waals surface area contributed by atoms with E-state index in [9.17, 15) is 8.42 Å². The highest BCUT2D eigenvalue weighted by Crippen LogP contribution is 2.20. The van der Waals surface area contributed by atoms with Gasteiger partial charge in [-0.2, -0.15) is 0 Å². The topological polar surface area (TPSA) is 104 Å². The van der Waals surface area contributed by atoms with Crippen LogP contribution < -0.4 is 5.14 Å². The van der Waals surface area contributed by atoms with E-state index in [1.807, 2.05) is 13.8 Å². The summed E-state index contributed by atoms with van der Waals surface area (Å²) in [7, 11) is -3.94. The standard InChI is InChI=1S/C11H14ClN5O2S/c1-7(2)6-17-10(9-4-3-8(12)5-14-9)15-16-11(17)20(13,18)19/h3-5,7H,6H2,1-2H3,(H2,13,18,19). The van der Waals surface area contributed by atoms with Crippen molar-refractivity contribution in [3.63, 3.8) is 0 Å². The molecule has 2 N–H and O–H groups in total. The molecule has 0 bridgehead atoms. The van der Waals surface area contributed by atoms with Crippen molar-refractivity contribution in [2.45, 2.75) is 25.5 Å². The molecule has 7 nitrogen and oxygen atoms in total. The first-order chi connectivity index (χ1) is 9.29. The summed E-state index contributed by atoms with van der Waals surface area (Å²) in [6, 6.07) is 3.30. The molecule has 0 radical (unpaired) electrons. The summed E-state index contributed by atoms with van der Waals surface area (Å²) < 4.78 is 24.5. The molecule has 2 aromatic heterocycles. The number of hydrogen-bond acceptors (Lipinski definition) is 5. The lowest BCUT2D eigenvalue weighted by Crippen LogP contribution is -2.20. The van der Waals surface area contributed by atoms with Crippen molar-refractivity contribution in [3.05, 3.63) is 23.4 Å². The average Bonchev–Trinajstić information content (AvgIpc) is 2.72. The normalized spacial score (nSPS) is 12.1. The van der Waals surface area contributed by atoms with Crippen molar-refractivity contribution in [2.75, 3.05) is 0 Å². The summed E-state index contributed by atoms with van der Waals surface area (Å²) in [5.74, 6) is 0.539. The van der Waals surface area contributed by atoms with Crippen LogP contribution in [0.5, 0.6) is 0 Å².